The highest BCUT2D eigenvalue weighted by Crippen LogP contribution is 2.27. The van der Waals surface area contributed by atoms with Gasteiger partial charge in [0.15, 0.2) is 6.61 Å². The molecule has 1 unspecified atom stereocenters. The van der Waals surface area contributed by atoms with Gasteiger partial charge in [0, 0.05) is 19.6 Å². The van der Waals surface area contributed by atoms with Crippen LogP contribution in [-0.2, 0) is 17.9 Å². The number of benzene rings is 2. The number of carbonyl (C=O) groups is 1. The topological polar surface area (TPSA) is 75.8 Å². The van der Waals surface area contributed by atoms with E-state index < -0.39 is 12.0 Å². The number of ether oxygens (including phenoxy) is 1. The largest absolute Gasteiger partial charge is 0.484 e. The highest BCUT2D eigenvalue weighted by molar-refractivity contribution is 5.75. The molecule has 0 aliphatic carbocycles. The summed E-state index contributed by atoms with van der Waals surface area (Å²) in [7, 11) is 0. The number of amides is 1. The maximum atomic E-state index is 10.8. The molecular weight excluding hydrogens is 292 g/mol. The van der Waals surface area contributed by atoms with Gasteiger partial charge in [-0.3, -0.25) is 9.69 Å². The molecule has 5 heteroatoms. The lowest BCUT2D eigenvalue weighted by Gasteiger charge is -2.32. The molecule has 1 aliphatic rings. The summed E-state index contributed by atoms with van der Waals surface area (Å²) in [5, 5.41) is 10.3. The second kappa shape index (κ2) is 6.81. The summed E-state index contributed by atoms with van der Waals surface area (Å²) in [5.41, 5.74) is 8.33. The van der Waals surface area contributed by atoms with E-state index in [1.807, 2.05) is 36.4 Å². The number of hydrogen-bond donors (Lipinski definition) is 2. The number of nitrogens with two attached hydrogens (primary N) is 1. The van der Waals surface area contributed by atoms with Crippen molar-refractivity contribution < 1.29 is 14.6 Å². The van der Waals surface area contributed by atoms with Gasteiger partial charge in [0.05, 0.1) is 6.10 Å². The molecule has 120 valence electrons. The first-order chi connectivity index (χ1) is 11.1. The van der Waals surface area contributed by atoms with Gasteiger partial charge in [-0.05, 0) is 28.8 Å². The second-order valence-electron chi connectivity index (χ2n) is 5.79. The van der Waals surface area contributed by atoms with Gasteiger partial charge in [0.1, 0.15) is 5.75 Å². The van der Waals surface area contributed by atoms with Gasteiger partial charge in [-0.2, -0.15) is 0 Å². The normalized spacial score (nSPS) is 17.5. The van der Waals surface area contributed by atoms with Crippen LogP contribution >= 0.6 is 0 Å². The zero-order chi connectivity index (χ0) is 16.2. The molecule has 0 radical (unpaired) electrons. The summed E-state index contributed by atoms with van der Waals surface area (Å²) < 4.78 is 5.33. The van der Waals surface area contributed by atoms with Gasteiger partial charge < -0.3 is 15.6 Å². The van der Waals surface area contributed by atoms with Gasteiger partial charge in [-0.25, -0.2) is 0 Å². The van der Waals surface area contributed by atoms with Gasteiger partial charge >= 0.3 is 0 Å². The van der Waals surface area contributed by atoms with Crippen molar-refractivity contribution >= 4 is 5.91 Å². The highest BCUT2D eigenvalue weighted by Gasteiger charge is 2.23. The van der Waals surface area contributed by atoms with E-state index >= 15 is 0 Å². The van der Waals surface area contributed by atoms with Crippen molar-refractivity contribution in [1.29, 1.82) is 0 Å². The van der Waals surface area contributed by atoms with Crippen LogP contribution in [0.4, 0.5) is 0 Å². The fourth-order valence-corrected chi connectivity index (χ4v) is 2.92. The summed E-state index contributed by atoms with van der Waals surface area (Å²) in [6, 6.07) is 15.6. The third-order valence-electron chi connectivity index (χ3n) is 3.92. The average molecular weight is 312 g/mol. The molecule has 3 rings (SSSR count). The second-order valence-corrected chi connectivity index (χ2v) is 5.79. The van der Waals surface area contributed by atoms with Crippen molar-refractivity contribution in [2.45, 2.75) is 19.2 Å². The van der Waals surface area contributed by atoms with Gasteiger partial charge in [-0.15, -0.1) is 0 Å². The molecule has 0 fully saturated rings. The Kier molecular flexibility index (Phi) is 4.60. The molecule has 1 heterocycles. The molecule has 2 aromatic carbocycles. The summed E-state index contributed by atoms with van der Waals surface area (Å²) >= 11 is 0. The van der Waals surface area contributed by atoms with Crippen LogP contribution in [0.3, 0.4) is 0 Å². The molecule has 0 saturated heterocycles. The van der Waals surface area contributed by atoms with Crippen LogP contribution < -0.4 is 10.5 Å². The minimum Gasteiger partial charge on any atom is -0.484 e. The Bertz CT molecular complexity index is 702. The number of aliphatic hydroxyl groups is 1. The Hall–Kier alpha value is -2.37. The van der Waals surface area contributed by atoms with E-state index in [2.05, 4.69) is 11.0 Å². The first kappa shape index (κ1) is 15.5. The summed E-state index contributed by atoms with van der Waals surface area (Å²) in [5.74, 6) is 0.130. The lowest BCUT2D eigenvalue weighted by molar-refractivity contribution is -0.119. The monoisotopic (exact) mass is 312 g/mol. The quantitative estimate of drug-likeness (QED) is 0.879. The van der Waals surface area contributed by atoms with E-state index in [1.165, 1.54) is 0 Å². The molecule has 3 N–H and O–H groups in total. The summed E-state index contributed by atoms with van der Waals surface area (Å²) in [6.45, 7) is 1.99. The molecule has 0 bridgehead atoms. The maximum absolute atomic E-state index is 10.8. The predicted octanol–water partition coefficient (Wildman–Crippen LogP) is 1.60. The molecule has 0 aromatic heterocycles. The Morgan fingerprint density at radius 2 is 2.09 bits per heavy atom. The molecule has 1 atom stereocenters. The molecular formula is C18H20N2O3. The van der Waals surface area contributed by atoms with Crippen LogP contribution in [0.5, 0.6) is 5.75 Å². The Labute approximate surface area is 135 Å². The number of aliphatic hydroxyl groups excluding tert-OH is 1. The predicted molar refractivity (Wildman–Crippen MR) is 86.6 cm³/mol. The number of carbonyl (C=O) groups excluding carboxylic acids is 1. The fourth-order valence-electron chi connectivity index (χ4n) is 2.92. The molecule has 1 amide bonds. The van der Waals surface area contributed by atoms with Crippen LogP contribution in [0.25, 0.3) is 0 Å². The third-order valence-corrected chi connectivity index (χ3v) is 3.92. The fraction of sp³-hybridized carbons (Fsp3) is 0.278. The van der Waals surface area contributed by atoms with Crippen LogP contribution in [0.2, 0.25) is 0 Å². The van der Waals surface area contributed by atoms with E-state index in [9.17, 15) is 9.90 Å². The van der Waals surface area contributed by atoms with Crippen molar-refractivity contribution in [2.24, 2.45) is 5.73 Å². The average Bonchev–Trinajstić information content (AvgIpc) is 2.53. The molecule has 2 aromatic rings. The standard InChI is InChI=1S/C18H20N2O3/c19-18(22)12-23-15-6-3-4-13(8-15)9-20-10-14-5-1-2-7-16(14)17(21)11-20/h1-8,17,21H,9-12H2,(H2,19,22). The van der Waals surface area contributed by atoms with E-state index in [4.69, 9.17) is 10.5 Å². The zero-order valence-corrected chi connectivity index (χ0v) is 12.8. The third kappa shape index (κ3) is 3.88. The first-order valence-corrected chi connectivity index (χ1v) is 7.60. The van der Waals surface area contributed by atoms with Crippen molar-refractivity contribution in [2.75, 3.05) is 13.2 Å². The Morgan fingerprint density at radius 1 is 1.26 bits per heavy atom. The lowest BCUT2D eigenvalue weighted by Crippen LogP contribution is -2.33. The number of fused-ring (bicyclic) bond motifs is 1. The molecule has 0 saturated carbocycles. The zero-order valence-electron chi connectivity index (χ0n) is 12.8. The lowest BCUT2D eigenvalue weighted by atomic mass is 9.97. The number of nitrogens with zero attached hydrogens (tertiary/aromatic N) is 1. The van der Waals surface area contributed by atoms with Crippen molar-refractivity contribution in [3.8, 4) is 5.75 Å². The van der Waals surface area contributed by atoms with Crippen molar-refractivity contribution in [3.63, 3.8) is 0 Å². The number of hydrogen-bond acceptors (Lipinski definition) is 4. The smallest absolute Gasteiger partial charge is 0.255 e. The summed E-state index contributed by atoms with van der Waals surface area (Å²) in [4.78, 5) is 13.0. The molecule has 0 spiro atoms. The highest BCUT2D eigenvalue weighted by atomic mass is 16.5. The van der Waals surface area contributed by atoms with E-state index in [-0.39, 0.29) is 6.61 Å². The SMILES string of the molecule is NC(=O)COc1cccc(CN2Cc3ccccc3C(O)C2)c1. The number of β-amino-alcohol motifs (C(OH)–C–C–N with tert-alkyl or cyclic N) is 1. The van der Waals surface area contributed by atoms with E-state index in [0.29, 0.717) is 18.8 Å². The van der Waals surface area contributed by atoms with Crippen molar-refractivity contribution in [3.05, 3.63) is 65.2 Å². The minimum absolute atomic E-state index is 0.126. The summed E-state index contributed by atoms with van der Waals surface area (Å²) in [6.07, 6.45) is -0.464. The van der Waals surface area contributed by atoms with E-state index in [0.717, 1.165) is 23.2 Å². The Balaban J connectivity index is 1.68. The Morgan fingerprint density at radius 3 is 2.91 bits per heavy atom. The first-order valence-electron chi connectivity index (χ1n) is 7.60. The van der Waals surface area contributed by atoms with Gasteiger partial charge in [0.2, 0.25) is 0 Å². The number of primary amides is 1. The van der Waals surface area contributed by atoms with E-state index in [1.54, 1.807) is 6.07 Å². The van der Waals surface area contributed by atoms with Crippen LogP contribution in [0.15, 0.2) is 48.5 Å². The van der Waals surface area contributed by atoms with Gasteiger partial charge in [0.25, 0.3) is 5.91 Å². The minimum atomic E-state index is -0.494. The maximum Gasteiger partial charge on any atom is 0.255 e. The van der Waals surface area contributed by atoms with Crippen LogP contribution in [-0.4, -0.2) is 29.1 Å². The molecule has 5 nitrogen and oxygen atoms in total. The molecule has 1 aliphatic heterocycles. The van der Waals surface area contributed by atoms with Crippen LogP contribution in [0, 0.1) is 0 Å². The number of rotatable bonds is 5. The molecule has 23 heavy (non-hydrogen) atoms. The van der Waals surface area contributed by atoms with Gasteiger partial charge in [-0.1, -0.05) is 36.4 Å². The van der Waals surface area contributed by atoms with Crippen molar-refractivity contribution in [1.82, 2.24) is 4.90 Å². The van der Waals surface area contributed by atoms with Crippen LogP contribution in [0.1, 0.15) is 22.8 Å².